The summed E-state index contributed by atoms with van der Waals surface area (Å²) in [6.07, 6.45) is -2.90. The predicted octanol–water partition coefficient (Wildman–Crippen LogP) is 3.21. The normalized spacial score (nSPS) is 14.5. The number of nitrogens with zero attached hydrogens (tertiary/aromatic N) is 1. The smallest absolute Gasteiger partial charge is 0.263 e. The van der Waals surface area contributed by atoms with Gasteiger partial charge in [0.2, 0.25) is 0 Å². The minimum atomic E-state index is -2.51. The zero-order valence-electron chi connectivity index (χ0n) is 8.90. The lowest BCUT2D eigenvalue weighted by Crippen LogP contribution is -2.09. The van der Waals surface area contributed by atoms with Crippen molar-refractivity contribution in [2.45, 2.75) is 25.9 Å². The van der Waals surface area contributed by atoms with Gasteiger partial charge in [-0.05, 0) is 12.0 Å². The van der Waals surface area contributed by atoms with Crippen LogP contribution in [-0.2, 0) is 0 Å². The maximum atomic E-state index is 12.3. The molecule has 2 unspecified atom stereocenters. The molecule has 0 saturated heterocycles. The fourth-order valence-electron chi connectivity index (χ4n) is 1.46. The Balaban J connectivity index is 2.85. The molecule has 0 aromatic heterocycles. The third kappa shape index (κ3) is 2.77. The van der Waals surface area contributed by atoms with Gasteiger partial charge in [0.1, 0.15) is 0 Å². The Morgan fingerprint density at radius 1 is 1.25 bits per heavy atom. The van der Waals surface area contributed by atoms with E-state index in [-0.39, 0.29) is 5.56 Å². The molecule has 0 saturated carbocycles. The van der Waals surface area contributed by atoms with Crippen LogP contribution in [0.3, 0.4) is 0 Å². The molecule has 1 aromatic rings. The maximum Gasteiger partial charge on any atom is 0.263 e. The van der Waals surface area contributed by atoms with Crippen LogP contribution in [0.5, 0.6) is 0 Å². The maximum absolute atomic E-state index is 12.3. The average Bonchev–Trinajstić information content (AvgIpc) is 2.30. The molecule has 1 rings (SSSR count). The number of nitriles is 1. The SMILES string of the molecule is CCC(C#N)C(O)c1ccc(C(F)F)cc1. The standard InChI is InChI=1S/C12H13F2NO/c1-2-8(7-15)11(16)9-3-5-10(6-4-9)12(13)14/h3-6,8,11-12,16H,2H2,1H3. The van der Waals surface area contributed by atoms with E-state index in [1.165, 1.54) is 24.3 Å². The van der Waals surface area contributed by atoms with Crippen LogP contribution in [0.1, 0.15) is 37.0 Å². The van der Waals surface area contributed by atoms with Gasteiger partial charge in [0.25, 0.3) is 6.43 Å². The van der Waals surface area contributed by atoms with Crippen LogP contribution in [0.15, 0.2) is 24.3 Å². The summed E-state index contributed by atoms with van der Waals surface area (Å²) in [6, 6.07) is 7.40. The number of aliphatic hydroxyl groups is 1. The number of benzene rings is 1. The summed E-state index contributed by atoms with van der Waals surface area (Å²) in [5.74, 6) is -0.502. The summed E-state index contributed by atoms with van der Waals surface area (Å²) in [5.41, 5.74) is 0.416. The van der Waals surface area contributed by atoms with Crippen LogP contribution in [0.25, 0.3) is 0 Å². The lowest BCUT2D eigenvalue weighted by molar-refractivity contribution is 0.132. The number of rotatable bonds is 4. The van der Waals surface area contributed by atoms with Crippen molar-refractivity contribution in [3.8, 4) is 6.07 Å². The van der Waals surface area contributed by atoms with Crippen molar-refractivity contribution in [3.63, 3.8) is 0 Å². The highest BCUT2D eigenvalue weighted by molar-refractivity contribution is 5.26. The molecule has 0 aliphatic carbocycles. The van der Waals surface area contributed by atoms with Gasteiger partial charge in [-0.25, -0.2) is 8.78 Å². The molecule has 1 aromatic carbocycles. The van der Waals surface area contributed by atoms with Gasteiger partial charge in [-0.1, -0.05) is 31.2 Å². The lowest BCUT2D eigenvalue weighted by atomic mass is 9.94. The number of halogens is 2. The van der Waals surface area contributed by atoms with Gasteiger partial charge in [-0.3, -0.25) is 0 Å². The van der Waals surface area contributed by atoms with E-state index in [2.05, 4.69) is 0 Å². The topological polar surface area (TPSA) is 44.0 Å². The molecule has 4 heteroatoms. The van der Waals surface area contributed by atoms with Crippen molar-refractivity contribution in [2.24, 2.45) is 5.92 Å². The monoisotopic (exact) mass is 225 g/mol. The van der Waals surface area contributed by atoms with E-state index in [0.717, 1.165) is 0 Å². The summed E-state index contributed by atoms with van der Waals surface area (Å²) >= 11 is 0. The van der Waals surface area contributed by atoms with Gasteiger partial charge < -0.3 is 5.11 Å². The molecule has 2 atom stereocenters. The van der Waals surface area contributed by atoms with Crippen LogP contribution in [0, 0.1) is 17.2 Å². The molecule has 86 valence electrons. The molecule has 0 bridgehead atoms. The van der Waals surface area contributed by atoms with Gasteiger partial charge in [0.05, 0.1) is 18.1 Å². The van der Waals surface area contributed by atoms with Gasteiger partial charge in [-0.15, -0.1) is 0 Å². The van der Waals surface area contributed by atoms with E-state index in [9.17, 15) is 13.9 Å². The number of hydrogen-bond acceptors (Lipinski definition) is 2. The summed E-state index contributed by atoms with van der Waals surface area (Å²) in [7, 11) is 0. The van der Waals surface area contributed by atoms with Gasteiger partial charge in [0, 0.05) is 5.56 Å². The number of hydrogen-bond donors (Lipinski definition) is 1. The first-order valence-electron chi connectivity index (χ1n) is 5.05. The average molecular weight is 225 g/mol. The molecule has 0 spiro atoms. The van der Waals surface area contributed by atoms with Gasteiger partial charge in [0.15, 0.2) is 0 Å². The second kappa shape index (κ2) is 5.57. The first-order valence-corrected chi connectivity index (χ1v) is 5.05. The first kappa shape index (κ1) is 12.6. The van der Waals surface area contributed by atoms with Crippen molar-refractivity contribution >= 4 is 0 Å². The Bertz CT molecular complexity index is 370. The second-order valence-electron chi connectivity index (χ2n) is 3.56. The minimum absolute atomic E-state index is 0.0824. The van der Waals surface area contributed by atoms with Crippen molar-refractivity contribution in [1.82, 2.24) is 0 Å². The van der Waals surface area contributed by atoms with Gasteiger partial charge in [-0.2, -0.15) is 5.26 Å². The van der Waals surface area contributed by atoms with E-state index in [0.29, 0.717) is 12.0 Å². The van der Waals surface area contributed by atoms with Crippen LogP contribution in [0.4, 0.5) is 8.78 Å². The van der Waals surface area contributed by atoms with Crippen molar-refractivity contribution in [1.29, 1.82) is 5.26 Å². The molecule has 0 aliphatic rings. The van der Waals surface area contributed by atoms with Crippen molar-refractivity contribution in [2.75, 3.05) is 0 Å². The molecule has 0 amide bonds. The molecule has 1 N–H and O–H groups in total. The molecular weight excluding hydrogens is 212 g/mol. The third-order valence-electron chi connectivity index (χ3n) is 2.52. The molecule has 0 fully saturated rings. The molecule has 0 radical (unpaired) electrons. The number of alkyl halides is 2. The van der Waals surface area contributed by atoms with Crippen LogP contribution >= 0.6 is 0 Å². The zero-order valence-corrected chi connectivity index (χ0v) is 8.90. The van der Waals surface area contributed by atoms with E-state index >= 15 is 0 Å². The Labute approximate surface area is 93.1 Å². The van der Waals surface area contributed by atoms with Crippen molar-refractivity contribution in [3.05, 3.63) is 35.4 Å². The van der Waals surface area contributed by atoms with Crippen molar-refractivity contribution < 1.29 is 13.9 Å². The summed E-state index contributed by atoms with van der Waals surface area (Å²) in [6.45, 7) is 1.80. The van der Waals surface area contributed by atoms with E-state index in [4.69, 9.17) is 5.26 Å². The molecular formula is C12H13F2NO. The first-order chi connectivity index (χ1) is 7.60. The highest BCUT2D eigenvalue weighted by Crippen LogP contribution is 2.26. The van der Waals surface area contributed by atoms with E-state index in [1.807, 2.05) is 6.07 Å². The quantitative estimate of drug-likeness (QED) is 0.855. The van der Waals surface area contributed by atoms with Crippen LogP contribution in [0.2, 0.25) is 0 Å². The molecule has 2 nitrogen and oxygen atoms in total. The second-order valence-corrected chi connectivity index (χ2v) is 3.56. The summed E-state index contributed by atoms with van der Waals surface area (Å²) < 4.78 is 24.6. The Kier molecular flexibility index (Phi) is 4.39. The molecule has 0 heterocycles. The Morgan fingerprint density at radius 3 is 2.12 bits per heavy atom. The van der Waals surface area contributed by atoms with E-state index < -0.39 is 18.4 Å². The highest BCUT2D eigenvalue weighted by atomic mass is 19.3. The minimum Gasteiger partial charge on any atom is -0.387 e. The largest absolute Gasteiger partial charge is 0.387 e. The van der Waals surface area contributed by atoms with Crippen LogP contribution in [-0.4, -0.2) is 5.11 Å². The summed E-state index contributed by atoms with van der Waals surface area (Å²) in [4.78, 5) is 0. The molecule has 16 heavy (non-hydrogen) atoms. The fourth-order valence-corrected chi connectivity index (χ4v) is 1.46. The third-order valence-corrected chi connectivity index (χ3v) is 2.52. The number of aliphatic hydroxyl groups excluding tert-OH is 1. The Morgan fingerprint density at radius 2 is 1.75 bits per heavy atom. The van der Waals surface area contributed by atoms with Gasteiger partial charge >= 0.3 is 0 Å². The molecule has 0 aliphatic heterocycles. The zero-order chi connectivity index (χ0) is 12.1. The van der Waals surface area contributed by atoms with Crippen LogP contribution < -0.4 is 0 Å². The fraction of sp³-hybridized carbons (Fsp3) is 0.417. The highest BCUT2D eigenvalue weighted by Gasteiger charge is 2.19. The van der Waals surface area contributed by atoms with E-state index in [1.54, 1.807) is 6.92 Å². The summed E-state index contributed by atoms with van der Waals surface area (Å²) in [5, 5.41) is 18.6. The predicted molar refractivity (Wildman–Crippen MR) is 55.8 cm³/mol. The Hall–Kier alpha value is -1.47. The lowest BCUT2D eigenvalue weighted by Gasteiger charge is -2.15.